The Morgan fingerprint density at radius 2 is 1.57 bits per heavy atom. The Morgan fingerprint density at radius 3 is 2.30 bits per heavy atom. The molecule has 3 aromatic carbocycles. The lowest BCUT2D eigenvalue weighted by atomic mass is 10.2. The van der Waals surface area contributed by atoms with Crippen LogP contribution in [0.25, 0.3) is 0 Å². The maximum Gasteiger partial charge on any atom is 0.238 e. The molecule has 30 heavy (non-hydrogen) atoms. The number of benzene rings is 3. The van der Waals surface area contributed by atoms with Crippen LogP contribution in [0.1, 0.15) is 25.0 Å². The van der Waals surface area contributed by atoms with Crippen molar-refractivity contribution in [3.05, 3.63) is 90.0 Å². The summed E-state index contributed by atoms with van der Waals surface area (Å²) in [6.45, 7) is 5.25. The second kappa shape index (κ2) is 11.0. The maximum atomic E-state index is 12.4. The minimum absolute atomic E-state index is 0.120. The molecular weight excluding hydrogens is 376 g/mol. The number of carbonyl (C=O) groups is 1. The molecule has 1 amide bonds. The number of anilines is 1. The van der Waals surface area contributed by atoms with Crippen molar-refractivity contribution in [2.45, 2.75) is 33.1 Å². The molecule has 0 aliphatic carbocycles. The molecule has 2 N–H and O–H groups in total. The second-order valence-electron chi connectivity index (χ2n) is 7.23. The fourth-order valence-electron chi connectivity index (χ4n) is 2.90. The molecule has 0 aliphatic rings. The Kier molecular flexibility index (Phi) is 7.86. The summed E-state index contributed by atoms with van der Waals surface area (Å²) in [5.74, 6) is 1.37. The molecule has 5 heteroatoms. The summed E-state index contributed by atoms with van der Waals surface area (Å²) in [5.41, 5.74) is 2.83. The lowest BCUT2D eigenvalue weighted by molar-refractivity contribution is -0.115. The molecule has 0 saturated carbocycles. The molecule has 0 bridgehead atoms. The van der Waals surface area contributed by atoms with Gasteiger partial charge in [0.2, 0.25) is 5.91 Å². The molecule has 0 heterocycles. The zero-order chi connectivity index (χ0) is 21.2. The third kappa shape index (κ3) is 6.94. The van der Waals surface area contributed by atoms with Crippen molar-refractivity contribution in [1.82, 2.24) is 5.32 Å². The van der Waals surface area contributed by atoms with Gasteiger partial charge in [0.15, 0.2) is 0 Å². The van der Waals surface area contributed by atoms with E-state index in [1.54, 1.807) is 0 Å². The molecule has 0 spiro atoms. The normalized spacial score (nSPS) is 10.6. The van der Waals surface area contributed by atoms with Crippen LogP contribution in [0.2, 0.25) is 0 Å². The van der Waals surface area contributed by atoms with E-state index in [2.05, 4.69) is 10.6 Å². The summed E-state index contributed by atoms with van der Waals surface area (Å²) in [4.78, 5) is 12.4. The third-order valence-corrected chi connectivity index (χ3v) is 4.31. The van der Waals surface area contributed by atoms with Gasteiger partial charge < -0.3 is 20.1 Å². The monoisotopic (exact) mass is 404 g/mol. The molecule has 156 valence electrons. The predicted molar refractivity (Wildman–Crippen MR) is 120 cm³/mol. The summed E-state index contributed by atoms with van der Waals surface area (Å²) in [6.07, 6.45) is 0.150. The Morgan fingerprint density at radius 1 is 0.867 bits per heavy atom. The van der Waals surface area contributed by atoms with Gasteiger partial charge >= 0.3 is 0 Å². The Labute approximate surface area is 178 Å². The fourth-order valence-corrected chi connectivity index (χ4v) is 2.90. The number of amides is 1. The largest absolute Gasteiger partial charge is 0.491 e. The summed E-state index contributed by atoms with van der Waals surface area (Å²) in [6, 6.07) is 25.3. The fraction of sp³-hybridized carbons (Fsp3) is 0.240. The highest BCUT2D eigenvalue weighted by Crippen LogP contribution is 2.24. The van der Waals surface area contributed by atoms with E-state index in [0.717, 1.165) is 16.9 Å². The number of ether oxygens (including phenoxy) is 2. The minimum atomic E-state index is -0.120. The second-order valence-corrected chi connectivity index (χ2v) is 7.23. The molecule has 0 unspecified atom stereocenters. The SMILES string of the molecule is CC(C)Oc1ccc(CNCC(=O)Nc2ccccc2OCc2ccccc2)cc1. The van der Waals surface area contributed by atoms with E-state index in [0.29, 0.717) is 24.6 Å². The van der Waals surface area contributed by atoms with Gasteiger partial charge in [0.1, 0.15) is 18.1 Å². The Balaban J connectivity index is 1.47. The van der Waals surface area contributed by atoms with Gasteiger partial charge in [-0.2, -0.15) is 0 Å². The van der Waals surface area contributed by atoms with Crippen LogP contribution in [0.15, 0.2) is 78.9 Å². The molecule has 3 aromatic rings. The van der Waals surface area contributed by atoms with Crippen LogP contribution in [-0.2, 0) is 17.9 Å². The van der Waals surface area contributed by atoms with Crippen molar-refractivity contribution >= 4 is 11.6 Å². The third-order valence-electron chi connectivity index (χ3n) is 4.31. The van der Waals surface area contributed by atoms with Gasteiger partial charge in [0, 0.05) is 6.54 Å². The maximum absolute atomic E-state index is 12.4. The minimum Gasteiger partial charge on any atom is -0.491 e. The number of rotatable bonds is 10. The van der Waals surface area contributed by atoms with E-state index in [1.165, 1.54) is 0 Å². The Bertz CT molecular complexity index is 925. The average molecular weight is 405 g/mol. The zero-order valence-electron chi connectivity index (χ0n) is 17.4. The van der Waals surface area contributed by atoms with Gasteiger partial charge in [-0.25, -0.2) is 0 Å². The molecule has 3 rings (SSSR count). The van der Waals surface area contributed by atoms with Crippen LogP contribution in [0.5, 0.6) is 11.5 Å². The summed E-state index contributed by atoms with van der Waals surface area (Å²) >= 11 is 0. The number of para-hydroxylation sites is 2. The number of hydrogen-bond acceptors (Lipinski definition) is 4. The van der Waals surface area contributed by atoms with Crippen molar-refractivity contribution in [3.63, 3.8) is 0 Å². The lowest BCUT2D eigenvalue weighted by Gasteiger charge is -2.13. The Hall–Kier alpha value is -3.31. The van der Waals surface area contributed by atoms with Crippen molar-refractivity contribution < 1.29 is 14.3 Å². The van der Waals surface area contributed by atoms with E-state index in [4.69, 9.17) is 9.47 Å². The van der Waals surface area contributed by atoms with Crippen LogP contribution in [0, 0.1) is 0 Å². The highest BCUT2D eigenvalue weighted by molar-refractivity contribution is 5.93. The van der Waals surface area contributed by atoms with Crippen LogP contribution >= 0.6 is 0 Å². The van der Waals surface area contributed by atoms with Crippen molar-refractivity contribution in [2.24, 2.45) is 0 Å². The van der Waals surface area contributed by atoms with Gasteiger partial charge in [-0.15, -0.1) is 0 Å². The van der Waals surface area contributed by atoms with Crippen molar-refractivity contribution in [1.29, 1.82) is 0 Å². The summed E-state index contributed by atoms with van der Waals surface area (Å²) < 4.78 is 11.5. The van der Waals surface area contributed by atoms with Gasteiger partial charge in [-0.1, -0.05) is 54.6 Å². The molecule has 0 aromatic heterocycles. The standard InChI is InChI=1S/C25H28N2O3/c1-19(2)30-22-14-12-20(13-15-22)16-26-17-25(28)27-23-10-6-7-11-24(23)29-18-21-8-4-3-5-9-21/h3-15,19,26H,16-18H2,1-2H3,(H,27,28). The van der Waals surface area contributed by atoms with Gasteiger partial charge in [-0.3, -0.25) is 4.79 Å². The molecule has 0 saturated heterocycles. The number of nitrogens with one attached hydrogen (secondary N) is 2. The molecular formula is C25H28N2O3. The lowest BCUT2D eigenvalue weighted by Crippen LogP contribution is -2.27. The van der Waals surface area contributed by atoms with E-state index >= 15 is 0 Å². The van der Waals surface area contributed by atoms with E-state index in [9.17, 15) is 4.79 Å². The smallest absolute Gasteiger partial charge is 0.238 e. The van der Waals surface area contributed by atoms with Crippen LogP contribution in [-0.4, -0.2) is 18.6 Å². The molecule has 5 nitrogen and oxygen atoms in total. The van der Waals surface area contributed by atoms with Gasteiger partial charge in [-0.05, 0) is 49.2 Å². The van der Waals surface area contributed by atoms with Crippen LogP contribution < -0.4 is 20.1 Å². The van der Waals surface area contributed by atoms with Crippen molar-refractivity contribution in [2.75, 3.05) is 11.9 Å². The number of carbonyl (C=O) groups excluding carboxylic acids is 1. The van der Waals surface area contributed by atoms with E-state index < -0.39 is 0 Å². The van der Waals surface area contributed by atoms with E-state index in [-0.39, 0.29) is 18.6 Å². The average Bonchev–Trinajstić information content (AvgIpc) is 2.75. The zero-order valence-corrected chi connectivity index (χ0v) is 17.4. The topological polar surface area (TPSA) is 59.6 Å². The first-order chi connectivity index (χ1) is 14.6. The van der Waals surface area contributed by atoms with Crippen LogP contribution in [0.4, 0.5) is 5.69 Å². The first kappa shape index (κ1) is 21.4. The summed E-state index contributed by atoms with van der Waals surface area (Å²) in [5, 5.41) is 6.08. The highest BCUT2D eigenvalue weighted by atomic mass is 16.5. The van der Waals surface area contributed by atoms with Gasteiger partial charge in [0.25, 0.3) is 0 Å². The highest BCUT2D eigenvalue weighted by Gasteiger charge is 2.08. The first-order valence-corrected chi connectivity index (χ1v) is 10.1. The van der Waals surface area contributed by atoms with Gasteiger partial charge in [0.05, 0.1) is 18.3 Å². The van der Waals surface area contributed by atoms with Crippen LogP contribution in [0.3, 0.4) is 0 Å². The molecule has 0 atom stereocenters. The first-order valence-electron chi connectivity index (χ1n) is 10.1. The molecule has 0 radical (unpaired) electrons. The molecule has 0 aliphatic heterocycles. The van der Waals surface area contributed by atoms with Crippen molar-refractivity contribution in [3.8, 4) is 11.5 Å². The quantitative estimate of drug-likeness (QED) is 0.510. The van der Waals surface area contributed by atoms with E-state index in [1.807, 2.05) is 92.7 Å². The summed E-state index contributed by atoms with van der Waals surface area (Å²) in [7, 11) is 0. The number of hydrogen-bond donors (Lipinski definition) is 2. The molecule has 0 fully saturated rings. The predicted octanol–water partition coefficient (Wildman–Crippen LogP) is 4.78.